The molecule has 3 heterocycles. The molecule has 2 aromatic heterocycles. The molecule has 134 valence electrons. The molecule has 1 unspecified atom stereocenters. The fourth-order valence-electron chi connectivity index (χ4n) is 3.25. The fraction of sp³-hybridized carbons (Fsp3) is 0.688. The van der Waals surface area contributed by atoms with E-state index in [1.54, 1.807) is 11.3 Å². The van der Waals surface area contributed by atoms with Gasteiger partial charge in [-0.05, 0) is 46.2 Å². The molecule has 1 saturated heterocycles. The van der Waals surface area contributed by atoms with E-state index in [9.17, 15) is 0 Å². The summed E-state index contributed by atoms with van der Waals surface area (Å²) in [6.45, 7) is 12.4. The van der Waals surface area contributed by atoms with E-state index in [0.29, 0.717) is 0 Å². The molecule has 0 spiro atoms. The van der Waals surface area contributed by atoms with Gasteiger partial charge in [0.1, 0.15) is 11.6 Å². The molecule has 3 rings (SSSR count). The summed E-state index contributed by atoms with van der Waals surface area (Å²) in [6.07, 6.45) is 1.26. The molecule has 1 aliphatic heterocycles. The van der Waals surface area contributed by atoms with E-state index in [4.69, 9.17) is 0 Å². The van der Waals surface area contributed by atoms with Crippen LogP contribution < -0.4 is 5.32 Å². The van der Waals surface area contributed by atoms with Crippen LogP contribution in [-0.2, 0) is 19.6 Å². The van der Waals surface area contributed by atoms with E-state index in [2.05, 4.69) is 43.8 Å². The molecule has 0 aromatic carbocycles. The summed E-state index contributed by atoms with van der Waals surface area (Å²) in [7, 11) is 0. The Hall–Kier alpha value is -1.02. The third kappa shape index (κ3) is 4.53. The van der Waals surface area contributed by atoms with Gasteiger partial charge in [0.05, 0.1) is 17.7 Å². The van der Waals surface area contributed by atoms with E-state index in [0.717, 1.165) is 62.5 Å². The molecule has 24 heavy (non-hydrogen) atoms. The highest BCUT2D eigenvalue weighted by Gasteiger charge is 2.21. The van der Waals surface area contributed by atoms with Crippen LogP contribution in [0, 0.1) is 19.8 Å². The summed E-state index contributed by atoms with van der Waals surface area (Å²) in [5.74, 6) is 2.79. The summed E-state index contributed by atoms with van der Waals surface area (Å²) < 4.78 is 2.21. The summed E-state index contributed by atoms with van der Waals surface area (Å²) in [5.41, 5.74) is 3.09. The Kier molecular flexibility index (Phi) is 7.16. The highest BCUT2D eigenvalue weighted by Crippen LogP contribution is 2.19. The number of nitrogens with one attached hydrogen (secondary N) is 1. The number of halogens is 1. The van der Waals surface area contributed by atoms with Crippen molar-refractivity contribution in [3.63, 3.8) is 0 Å². The second-order valence-electron chi connectivity index (χ2n) is 6.30. The molecular formula is C16H27ClN6S. The Labute approximate surface area is 154 Å². The zero-order chi connectivity index (χ0) is 16.2. The van der Waals surface area contributed by atoms with Gasteiger partial charge in [-0.2, -0.15) is 0 Å². The van der Waals surface area contributed by atoms with Gasteiger partial charge in [0.15, 0.2) is 0 Å². The van der Waals surface area contributed by atoms with Gasteiger partial charge in [-0.25, -0.2) is 4.98 Å². The molecule has 0 bridgehead atoms. The van der Waals surface area contributed by atoms with Gasteiger partial charge < -0.3 is 9.88 Å². The minimum atomic E-state index is 0. The zero-order valence-electron chi connectivity index (χ0n) is 14.7. The number of aryl methyl sites for hydroxylation is 2. The van der Waals surface area contributed by atoms with E-state index in [1.807, 2.05) is 12.4 Å². The van der Waals surface area contributed by atoms with Crippen molar-refractivity contribution < 1.29 is 0 Å². The number of aromatic nitrogens is 4. The molecule has 0 radical (unpaired) electrons. The predicted octanol–water partition coefficient (Wildman–Crippen LogP) is 2.40. The van der Waals surface area contributed by atoms with E-state index >= 15 is 0 Å². The molecule has 1 aliphatic rings. The first-order valence-electron chi connectivity index (χ1n) is 8.38. The third-order valence-corrected chi connectivity index (χ3v) is 5.50. The van der Waals surface area contributed by atoms with Crippen molar-refractivity contribution in [2.45, 2.75) is 46.8 Å². The predicted molar refractivity (Wildman–Crippen MR) is 99.6 cm³/mol. The first-order valence-corrected chi connectivity index (χ1v) is 9.26. The molecule has 0 aliphatic carbocycles. The lowest BCUT2D eigenvalue weighted by Crippen LogP contribution is -2.31. The monoisotopic (exact) mass is 370 g/mol. The molecule has 0 amide bonds. The van der Waals surface area contributed by atoms with Crippen molar-refractivity contribution in [1.29, 1.82) is 0 Å². The second-order valence-corrected chi connectivity index (χ2v) is 7.24. The Morgan fingerprint density at radius 2 is 2.17 bits per heavy atom. The molecular weight excluding hydrogens is 344 g/mol. The maximum atomic E-state index is 4.40. The molecule has 1 fully saturated rings. The first-order chi connectivity index (χ1) is 11.2. The molecule has 6 nitrogen and oxygen atoms in total. The zero-order valence-corrected chi connectivity index (χ0v) is 16.3. The van der Waals surface area contributed by atoms with Crippen LogP contribution >= 0.6 is 23.7 Å². The molecule has 1 N–H and O–H groups in total. The van der Waals surface area contributed by atoms with Crippen LogP contribution in [0.3, 0.4) is 0 Å². The van der Waals surface area contributed by atoms with Gasteiger partial charge in [-0.3, -0.25) is 4.90 Å². The van der Waals surface area contributed by atoms with Gasteiger partial charge >= 0.3 is 0 Å². The summed E-state index contributed by atoms with van der Waals surface area (Å²) in [5, 5.41) is 12.1. The molecule has 8 heteroatoms. The number of thiazole rings is 1. The quantitative estimate of drug-likeness (QED) is 0.811. The Balaban J connectivity index is 0.00000208. The Morgan fingerprint density at radius 3 is 2.79 bits per heavy atom. The van der Waals surface area contributed by atoms with Crippen molar-refractivity contribution in [1.82, 2.24) is 30.0 Å². The van der Waals surface area contributed by atoms with Crippen LogP contribution in [0.5, 0.6) is 0 Å². The lowest BCUT2D eigenvalue weighted by atomic mass is 10.1. The van der Waals surface area contributed by atoms with E-state index < -0.39 is 0 Å². The highest BCUT2D eigenvalue weighted by atomic mass is 35.5. The van der Waals surface area contributed by atoms with E-state index in [1.165, 1.54) is 11.3 Å². The van der Waals surface area contributed by atoms with Crippen molar-refractivity contribution >= 4 is 23.7 Å². The van der Waals surface area contributed by atoms with Crippen molar-refractivity contribution in [3.05, 3.63) is 27.7 Å². The van der Waals surface area contributed by atoms with Gasteiger partial charge in [-0.15, -0.1) is 33.9 Å². The Bertz CT molecular complexity index is 634. The minimum absolute atomic E-state index is 0. The fourth-order valence-corrected chi connectivity index (χ4v) is 4.07. The summed E-state index contributed by atoms with van der Waals surface area (Å²) in [6, 6.07) is 0. The first kappa shape index (κ1) is 19.3. The van der Waals surface area contributed by atoms with Gasteiger partial charge in [0, 0.05) is 24.5 Å². The average molecular weight is 371 g/mol. The maximum absolute atomic E-state index is 4.40. The van der Waals surface area contributed by atoms with Crippen LogP contribution in [0.4, 0.5) is 0 Å². The van der Waals surface area contributed by atoms with Crippen LogP contribution in [0.15, 0.2) is 5.51 Å². The van der Waals surface area contributed by atoms with Crippen LogP contribution in [0.1, 0.15) is 35.6 Å². The van der Waals surface area contributed by atoms with E-state index in [-0.39, 0.29) is 12.4 Å². The minimum Gasteiger partial charge on any atom is -0.316 e. The summed E-state index contributed by atoms with van der Waals surface area (Å²) in [4.78, 5) is 8.26. The number of rotatable bonds is 7. The molecule has 0 saturated carbocycles. The lowest BCUT2D eigenvalue weighted by Gasteiger charge is -2.24. The van der Waals surface area contributed by atoms with Gasteiger partial charge in [-0.1, -0.05) is 0 Å². The number of hydrogen-bond acceptors (Lipinski definition) is 6. The van der Waals surface area contributed by atoms with Crippen LogP contribution in [0.2, 0.25) is 0 Å². The highest BCUT2D eigenvalue weighted by molar-refractivity contribution is 7.09. The molecule has 1 atom stereocenters. The molecule has 2 aromatic rings. The SMILES string of the molecule is CCn1c(C)nnc1CN(Cc1scnc1C)CC1CCNC1.Cl. The number of nitrogens with zero attached hydrogens (tertiary/aromatic N) is 5. The maximum Gasteiger partial charge on any atom is 0.147 e. The van der Waals surface area contributed by atoms with Gasteiger partial charge in [0.25, 0.3) is 0 Å². The van der Waals surface area contributed by atoms with Crippen LogP contribution in [-0.4, -0.2) is 44.3 Å². The summed E-state index contributed by atoms with van der Waals surface area (Å²) >= 11 is 1.75. The second kappa shape index (κ2) is 8.89. The smallest absolute Gasteiger partial charge is 0.147 e. The lowest BCUT2D eigenvalue weighted by molar-refractivity contribution is 0.214. The largest absolute Gasteiger partial charge is 0.316 e. The number of hydrogen-bond donors (Lipinski definition) is 1. The Morgan fingerprint density at radius 1 is 1.33 bits per heavy atom. The van der Waals surface area contributed by atoms with Crippen molar-refractivity contribution in [3.8, 4) is 0 Å². The van der Waals surface area contributed by atoms with Crippen LogP contribution in [0.25, 0.3) is 0 Å². The average Bonchev–Trinajstić information content (AvgIpc) is 3.24. The van der Waals surface area contributed by atoms with Crippen molar-refractivity contribution in [2.75, 3.05) is 19.6 Å². The topological polar surface area (TPSA) is 58.9 Å². The van der Waals surface area contributed by atoms with Gasteiger partial charge in [0.2, 0.25) is 0 Å². The normalized spacial score (nSPS) is 17.4. The third-order valence-electron chi connectivity index (χ3n) is 4.58. The van der Waals surface area contributed by atoms with Crippen molar-refractivity contribution in [2.24, 2.45) is 5.92 Å². The standard InChI is InChI=1S/C16H26N6S.ClH/c1-4-22-13(3)19-20-16(22)10-21(8-14-5-6-17-7-14)9-15-12(2)18-11-23-15;/h11,14,17H,4-10H2,1-3H3;1H.